The van der Waals surface area contributed by atoms with Gasteiger partial charge in [-0.25, -0.2) is 0 Å². The Bertz CT molecular complexity index is 1210. The summed E-state index contributed by atoms with van der Waals surface area (Å²) in [6.07, 6.45) is 0. The van der Waals surface area contributed by atoms with Crippen molar-refractivity contribution in [3.63, 3.8) is 0 Å². The number of thioether (sulfide) groups is 1. The summed E-state index contributed by atoms with van der Waals surface area (Å²) in [6.45, 7) is 3.49. The van der Waals surface area contributed by atoms with Gasteiger partial charge in [-0.05, 0) is 43.2 Å². The molecule has 0 unspecified atom stereocenters. The Morgan fingerprint density at radius 2 is 1.88 bits per heavy atom. The number of nitrogens with one attached hydrogen (secondary N) is 2. The first-order valence-corrected chi connectivity index (χ1v) is 12.1. The summed E-state index contributed by atoms with van der Waals surface area (Å²) in [7, 11) is 0. The van der Waals surface area contributed by atoms with Crippen LogP contribution in [0.15, 0.2) is 53.1 Å². The predicted octanol–water partition coefficient (Wildman–Crippen LogP) is 4.80. The number of nitriles is 1. The van der Waals surface area contributed by atoms with Gasteiger partial charge >= 0.3 is 5.97 Å². The van der Waals surface area contributed by atoms with Gasteiger partial charge in [0.25, 0.3) is 0 Å². The molecule has 1 heterocycles. The van der Waals surface area contributed by atoms with Crippen LogP contribution in [0.3, 0.4) is 0 Å². The Balaban J connectivity index is 1.92. The van der Waals surface area contributed by atoms with Crippen LogP contribution >= 0.6 is 35.0 Å². The van der Waals surface area contributed by atoms with E-state index in [4.69, 9.17) is 27.9 Å². The van der Waals surface area contributed by atoms with E-state index in [0.717, 1.165) is 17.3 Å². The summed E-state index contributed by atoms with van der Waals surface area (Å²) >= 11 is 13.5. The van der Waals surface area contributed by atoms with E-state index in [1.54, 1.807) is 56.3 Å². The molecular weight excluding hydrogens is 497 g/mol. The van der Waals surface area contributed by atoms with Crippen LogP contribution in [-0.2, 0) is 19.1 Å². The number of amides is 2. The number of allylic oxidation sites excluding steroid dienone is 1. The standard InChI is InChI=1S/C24H21Cl2N3O4S/c1-3-33-24(32)21-20(14-7-4-5-8-17(14)26)15(11-27)23(29-22(21)31)34-12-19(30)28-18-10-6-9-16(25)13(18)2/h4-10,20-21H,3,12H2,1-2H3,(H,28,30)(H,29,31)/t20-,21-/m1/s1. The van der Waals surface area contributed by atoms with Crippen LogP contribution in [0.4, 0.5) is 5.69 Å². The number of esters is 1. The van der Waals surface area contributed by atoms with Gasteiger partial charge in [0.1, 0.15) is 5.92 Å². The van der Waals surface area contributed by atoms with Crippen LogP contribution < -0.4 is 10.6 Å². The molecule has 0 bridgehead atoms. The molecule has 0 aliphatic carbocycles. The number of anilines is 1. The molecule has 2 aromatic rings. The molecule has 0 radical (unpaired) electrons. The number of benzene rings is 2. The van der Waals surface area contributed by atoms with Gasteiger partial charge in [0, 0.05) is 21.7 Å². The van der Waals surface area contributed by atoms with Crippen LogP contribution in [0.2, 0.25) is 10.0 Å². The number of carbonyl (C=O) groups excluding carboxylic acids is 3. The van der Waals surface area contributed by atoms with E-state index in [1.807, 2.05) is 0 Å². The third kappa shape index (κ3) is 5.55. The molecule has 0 saturated heterocycles. The molecule has 0 aromatic heterocycles. The van der Waals surface area contributed by atoms with E-state index in [9.17, 15) is 19.6 Å². The van der Waals surface area contributed by atoms with Crippen molar-refractivity contribution in [2.45, 2.75) is 19.8 Å². The molecule has 2 atom stereocenters. The molecule has 2 aromatic carbocycles. The van der Waals surface area contributed by atoms with Crippen LogP contribution in [0.1, 0.15) is 24.0 Å². The molecule has 1 aliphatic heterocycles. The highest BCUT2D eigenvalue weighted by Crippen LogP contribution is 2.42. The SMILES string of the molecule is CCOC(=O)[C@H]1C(=O)NC(SCC(=O)Nc2cccc(Cl)c2C)=C(C#N)[C@H]1c1ccccc1Cl. The normalized spacial score (nSPS) is 17.6. The minimum atomic E-state index is -1.29. The number of halogens is 2. The van der Waals surface area contributed by atoms with Crippen molar-refractivity contribution in [3.05, 3.63) is 74.2 Å². The smallest absolute Gasteiger partial charge is 0.319 e. The van der Waals surface area contributed by atoms with Crippen molar-refractivity contribution < 1.29 is 19.1 Å². The van der Waals surface area contributed by atoms with Crippen LogP contribution in [0, 0.1) is 24.2 Å². The number of hydrogen-bond acceptors (Lipinski definition) is 6. The summed E-state index contributed by atoms with van der Waals surface area (Å²) in [5.41, 5.74) is 1.87. The van der Waals surface area contributed by atoms with E-state index >= 15 is 0 Å². The predicted molar refractivity (Wildman–Crippen MR) is 132 cm³/mol. The first kappa shape index (κ1) is 25.6. The second-order valence-electron chi connectivity index (χ2n) is 7.32. The molecule has 3 rings (SSSR count). The average Bonchev–Trinajstić information content (AvgIpc) is 2.80. The Hall–Kier alpha value is -2.99. The number of nitrogens with zero attached hydrogens (tertiary/aromatic N) is 1. The minimum Gasteiger partial charge on any atom is -0.465 e. The third-order valence-electron chi connectivity index (χ3n) is 5.20. The molecule has 1 aliphatic rings. The average molecular weight is 518 g/mol. The minimum absolute atomic E-state index is 0.0775. The highest BCUT2D eigenvalue weighted by Gasteiger charge is 2.45. The lowest BCUT2D eigenvalue weighted by Crippen LogP contribution is -2.44. The zero-order chi connectivity index (χ0) is 24.8. The molecule has 176 valence electrons. The summed E-state index contributed by atoms with van der Waals surface area (Å²) in [5.74, 6) is -4.07. The highest BCUT2D eigenvalue weighted by atomic mass is 35.5. The van der Waals surface area contributed by atoms with Crippen molar-refractivity contribution in [1.82, 2.24) is 5.32 Å². The van der Waals surface area contributed by atoms with E-state index in [0.29, 0.717) is 21.3 Å². The Morgan fingerprint density at radius 1 is 1.18 bits per heavy atom. The van der Waals surface area contributed by atoms with Crippen LogP contribution in [-0.4, -0.2) is 30.1 Å². The number of hydrogen-bond donors (Lipinski definition) is 2. The fourth-order valence-electron chi connectivity index (χ4n) is 3.55. The molecule has 34 heavy (non-hydrogen) atoms. The molecule has 10 heteroatoms. The van der Waals surface area contributed by atoms with E-state index in [2.05, 4.69) is 16.7 Å². The molecule has 0 fully saturated rings. The molecule has 2 amide bonds. The van der Waals surface area contributed by atoms with Gasteiger partial charge < -0.3 is 15.4 Å². The lowest BCUT2D eigenvalue weighted by atomic mass is 9.78. The molecule has 7 nitrogen and oxygen atoms in total. The van der Waals surface area contributed by atoms with Crippen LogP contribution in [0.5, 0.6) is 0 Å². The van der Waals surface area contributed by atoms with Crippen LogP contribution in [0.25, 0.3) is 0 Å². The Kier molecular flexibility index (Phi) is 8.61. The zero-order valence-corrected chi connectivity index (χ0v) is 20.7. The van der Waals surface area contributed by atoms with Crippen molar-refractivity contribution in [3.8, 4) is 6.07 Å². The summed E-state index contributed by atoms with van der Waals surface area (Å²) < 4.78 is 5.10. The maximum atomic E-state index is 13.0. The van der Waals surface area contributed by atoms with Crippen molar-refractivity contribution in [2.75, 3.05) is 17.7 Å². The fourth-order valence-corrected chi connectivity index (χ4v) is 4.83. The van der Waals surface area contributed by atoms with E-state index < -0.39 is 23.7 Å². The number of rotatable bonds is 7. The van der Waals surface area contributed by atoms with Gasteiger partial charge in [0.2, 0.25) is 11.8 Å². The van der Waals surface area contributed by atoms with Gasteiger partial charge in [0.15, 0.2) is 0 Å². The highest BCUT2D eigenvalue weighted by molar-refractivity contribution is 8.03. The summed E-state index contributed by atoms with van der Waals surface area (Å²) in [5, 5.41) is 16.4. The largest absolute Gasteiger partial charge is 0.465 e. The van der Waals surface area contributed by atoms with E-state index in [1.165, 1.54) is 0 Å². The maximum absolute atomic E-state index is 13.0. The summed E-state index contributed by atoms with van der Waals surface area (Å²) in [6, 6.07) is 14.0. The second kappa shape index (κ2) is 11.4. The lowest BCUT2D eigenvalue weighted by Gasteiger charge is -2.31. The first-order chi connectivity index (χ1) is 16.3. The van der Waals surface area contributed by atoms with Gasteiger partial charge in [-0.3, -0.25) is 14.4 Å². The van der Waals surface area contributed by atoms with Gasteiger partial charge in [-0.1, -0.05) is 59.2 Å². The first-order valence-electron chi connectivity index (χ1n) is 10.3. The molecular formula is C24H21Cl2N3O4S. The molecule has 0 saturated carbocycles. The Labute approximate surface area is 211 Å². The maximum Gasteiger partial charge on any atom is 0.319 e. The van der Waals surface area contributed by atoms with Crippen molar-refractivity contribution in [2.24, 2.45) is 5.92 Å². The van der Waals surface area contributed by atoms with E-state index in [-0.39, 0.29) is 28.9 Å². The third-order valence-corrected chi connectivity index (χ3v) is 6.97. The van der Waals surface area contributed by atoms with Crippen molar-refractivity contribution >= 4 is 58.4 Å². The number of ether oxygens (including phenoxy) is 1. The lowest BCUT2D eigenvalue weighted by molar-refractivity contribution is -0.152. The second-order valence-corrected chi connectivity index (χ2v) is 9.12. The quantitative estimate of drug-likeness (QED) is 0.403. The van der Waals surface area contributed by atoms with Crippen molar-refractivity contribution in [1.29, 1.82) is 5.26 Å². The molecule has 2 N–H and O–H groups in total. The number of carbonyl (C=O) groups is 3. The Morgan fingerprint density at radius 3 is 2.56 bits per heavy atom. The topological polar surface area (TPSA) is 108 Å². The fraction of sp³-hybridized carbons (Fsp3) is 0.250. The van der Waals surface area contributed by atoms with Gasteiger partial charge in [0.05, 0.1) is 29.0 Å². The zero-order valence-electron chi connectivity index (χ0n) is 18.4. The van der Waals surface area contributed by atoms with Gasteiger partial charge in [-0.15, -0.1) is 0 Å². The molecule has 0 spiro atoms. The monoisotopic (exact) mass is 517 g/mol. The van der Waals surface area contributed by atoms with Gasteiger partial charge in [-0.2, -0.15) is 5.26 Å². The summed E-state index contributed by atoms with van der Waals surface area (Å²) in [4.78, 5) is 38.2.